The summed E-state index contributed by atoms with van der Waals surface area (Å²) in [5, 5.41) is 14.1. The number of nitrogens with one attached hydrogen (secondary N) is 2. The number of nitrogens with two attached hydrogens (primary N) is 1. The minimum absolute atomic E-state index is 0.0266. The Morgan fingerprint density at radius 1 is 1.43 bits per heavy atom. The van der Waals surface area contributed by atoms with E-state index in [2.05, 4.69) is 27.6 Å². The number of nitrogens with zero attached hydrogens (tertiary/aromatic N) is 3. The van der Waals surface area contributed by atoms with Gasteiger partial charge in [0.15, 0.2) is 0 Å². The number of nitrogen functional groups attached to an aromatic ring is 1. The Hall–Kier alpha value is -1.93. The molecular weight excluding hydrogens is 272 g/mol. The highest BCUT2D eigenvalue weighted by atomic mass is 16.6. The average Bonchev–Trinajstić information content (AvgIpc) is 2.53. The third-order valence-electron chi connectivity index (χ3n) is 3.90. The summed E-state index contributed by atoms with van der Waals surface area (Å²) in [5.41, 5.74) is 2.33. The molecule has 2 heterocycles. The molecule has 21 heavy (non-hydrogen) atoms. The molecule has 0 aliphatic carbocycles. The summed E-state index contributed by atoms with van der Waals surface area (Å²) in [6.45, 7) is 6.27. The third-order valence-corrected chi connectivity index (χ3v) is 3.90. The molecule has 0 aromatic carbocycles. The van der Waals surface area contributed by atoms with E-state index >= 15 is 0 Å². The minimum Gasteiger partial charge on any atom is -0.370 e. The number of hydrogen-bond acceptors (Lipinski definition) is 7. The van der Waals surface area contributed by atoms with Crippen LogP contribution >= 0.6 is 0 Å². The van der Waals surface area contributed by atoms with Crippen molar-refractivity contribution < 1.29 is 4.92 Å². The Morgan fingerprint density at radius 2 is 2.10 bits per heavy atom. The van der Waals surface area contributed by atoms with Crippen molar-refractivity contribution in [2.24, 2.45) is 11.8 Å². The second-order valence-electron chi connectivity index (χ2n) is 5.26. The monoisotopic (exact) mass is 294 g/mol. The number of nitro groups is 1. The van der Waals surface area contributed by atoms with Gasteiger partial charge >= 0.3 is 0 Å². The quantitative estimate of drug-likeness (QED) is 0.413. The SMILES string of the molecule is CCN1CCC(CNc2cc([N+](=O)[O-])cc(NN)n2)CC1. The molecule has 1 aromatic rings. The van der Waals surface area contributed by atoms with Crippen molar-refractivity contribution in [2.45, 2.75) is 19.8 Å². The molecule has 0 unspecified atom stereocenters. The Morgan fingerprint density at radius 3 is 2.67 bits per heavy atom. The number of hydrogen-bond donors (Lipinski definition) is 3. The van der Waals surface area contributed by atoms with Crippen molar-refractivity contribution in [1.29, 1.82) is 0 Å². The molecule has 116 valence electrons. The number of aromatic nitrogens is 1. The first-order chi connectivity index (χ1) is 10.1. The lowest BCUT2D eigenvalue weighted by Crippen LogP contribution is -2.35. The molecule has 8 heteroatoms. The van der Waals surface area contributed by atoms with Crippen LogP contribution in [0.15, 0.2) is 12.1 Å². The Labute approximate surface area is 123 Å². The van der Waals surface area contributed by atoms with Crippen LogP contribution in [0.25, 0.3) is 0 Å². The molecular formula is C13H22N6O2. The lowest BCUT2D eigenvalue weighted by molar-refractivity contribution is -0.384. The number of likely N-dealkylation sites (tertiary alicyclic amines) is 1. The van der Waals surface area contributed by atoms with Crippen LogP contribution in [-0.4, -0.2) is 41.0 Å². The largest absolute Gasteiger partial charge is 0.370 e. The van der Waals surface area contributed by atoms with E-state index in [-0.39, 0.29) is 11.5 Å². The molecule has 0 amide bonds. The highest BCUT2D eigenvalue weighted by molar-refractivity contribution is 5.54. The molecule has 8 nitrogen and oxygen atoms in total. The fourth-order valence-corrected chi connectivity index (χ4v) is 2.54. The number of pyridine rings is 1. The first kappa shape index (κ1) is 15.5. The summed E-state index contributed by atoms with van der Waals surface area (Å²) < 4.78 is 0. The number of piperidine rings is 1. The zero-order valence-electron chi connectivity index (χ0n) is 12.2. The predicted octanol–water partition coefficient (Wildman–Crippen LogP) is 1.42. The smallest absolute Gasteiger partial charge is 0.276 e. The molecule has 0 bridgehead atoms. The van der Waals surface area contributed by atoms with Crippen LogP contribution < -0.4 is 16.6 Å². The summed E-state index contributed by atoms with van der Waals surface area (Å²) in [5.74, 6) is 6.63. The Bertz CT molecular complexity index is 488. The van der Waals surface area contributed by atoms with Crippen LogP contribution in [0.2, 0.25) is 0 Å². The highest BCUT2D eigenvalue weighted by Crippen LogP contribution is 2.22. The van der Waals surface area contributed by atoms with Gasteiger partial charge in [-0.3, -0.25) is 10.1 Å². The summed E-state index contributed by atoms with van der Waals surface area (Å²) in [7, 11) is 0. The van der Waals surface area contributed by atoms with Gasteiger partial charge in [0.05, 0.1) is 17.1 Å². The van der Waals surface area contributed by atoms with Gasteiger partial charge in [0.25, 0.3) is 5.69 Å². The van der Waals surface area contributed by atoms with E-state index in [4.69, 9.17) is 5.84 Å². The van der Waals surface area contributed by atoms with Gasteiger partial charge in [-0.05, 0) is 38.4 Å². The maximum Gasteiger partial charge on any atom is 0.276 e. The first-order valence-electron chi connectivity index (χ1n) is 7.21. The molecule has 1 saturated heterocycles. The number of rotatable bonds is 6. The van der Waals surface area contributed by atoms with Crippen molar-refractivity contribution in [2.75, 3.05) is 36.9 Å². The maximum absolute atomic E-state index is 10.9. The van der Waals surface area contributed by atoms with Crippen molar-refractivity contribution in [3.8, 4) is 0 Å². The Balaban J connectivity index is 1.93. The van der Waals surface area contributed by atoms with E-state index < -0.39 is 4.92 Å². The normalized spacial score (nSPS) is 16.7. The summed E-state index contributed by atoms with van der Waals surface area (Å²) >= 11 is 0. The minimum atomic E-state index is -0.451. The van der Waals surface area contributed by atoms with Gasteiger partial charge in [-0.15, -0.1) is 0 Å². The molecule has 0 atom stereocenters. The lowest BCUT2D eigenvalue weighted by Gasteiger charge is -2.31. The standard InChI is InChI=1S/C13H22N6O2/c1-2-18-5-3-10(4-6-18)9-15-12-7-11(19(20)21)8-13(16-12)17-14/h7-8,10H,2-6,9,14H2,1H3,(H2,15,16,17). The zero-order chi connectivity index (χ0) is 15.2. The summed E-state index contributed by atoms with van der Waals surface area (Å²) in [4.78, 5) is 17.0. The molecule has 0 saturated carbocycles. The van der Waals surface area contributed by atoms with E-state index in [0.717, 1.165) is 39.0 Å². The number of hydrazine groups is 1. The fourth-order valence-electron chi connectivity index (χ4n) is 2.54. The fraction of sp³-hybridized carbons (Fsp3) is 0.615. The second kappa shape index (κ2) is 7.19. The van der Waals surface area contributed by atoms with Crippen LogP contribution in [-0.2, 0) is 0 Å². The van der Waals surface area contributed by atoms with Crippen molar-refractivity contribution >= 4 is 17.3 Å². The molecule has 1 fully saturated rings. The summed E-state index contributed by atoms with van der Waals surface area (Å²) in [6.07, 6.45) is 2.27. The van der Waals surface area contributed by atoms with E-state index in [0.29, 0.717) is 11.7 Å². The van der Waals surface area contributed by atoms with Gasteiger partial charge in [-0.25, -0.2) is 10.8 Å². The topological polar surface area (TPSA) is 109 Å². The van der Waals surface area contributed by atoms with E-state index in [1.807, 2.05) is 0 Å². The molecule has 4 N–H and O–H groups in total. The second-order valence-corrected chi connectivity index (χ2v) is 5.26. The van der Waals surface area contributed by atoms with Gasteiger partial charge in [-0.2, -0.15) is 0 Å². The summed E-state index contributed by atoms with van der Waals surface area (Å²) in [6, 6.07) is 2.74. The predicted molar refractivity (Wildman–Crippen MR) is 82.0 cm³/mol. The maximum atomic E-state index is 10.9. The molecule has 2 rings (SSSR count). The lowest BCUT2D eigenvalue weighted by atomic mass is 9.97. The van der Waals surface area contributed by atoms with Crippen molar-refractivity contribution in [1.82, 2.24) is 9.88 Å². The average molecular weight is 294 g/mol. The zero-order valence-corrected chi connectivity index (χ0v) is 12.2. The van der Waals surface area contributed by atoms with Gasteiger partial charge < -0.3 is 15.6 Å². The van der Waals surface area contributed by atoms with Gasteiger partial charge in [0.1, 0.15) is 11.6 Å². The van der Waals surface area contributed by atoms with Crippen LogP contribution in [0.3, 0.4) is 0 Å². The molecule has 1 aromatic heterocycles. The van der Waals surface area contributed by atoms with Crippen LogP contribution in [0, 0.1) is 16.0 Å². The molecule has 1 aliphatic heterocycles. The molecule has 0 spiro atoms. The Kier molecular flexibility index (Phi) is 5.29. The third kappa shape index (κ3) is 4.27. The molecule has 1 aliphatic rings. The number of anilines is 2. The van der Waals surface area contributed by atoms with Gasteiger partial charge in [0, 0.05) is 6.54 Å². The van der Waals surface area contributed by atoms with Crippen molar-refractivity contribution in [3.05, 3.63) is 22.2 Å². The van der Waals surface area contributed by atoms with E-state index in [1.165, 1.54) is 12.1 Å². The van der Waals surface area contributed by atoms with Crippen LogP contribution in [0.1, 0.15) is 19.8 Å². The van der Waals surface area contributed by atoms with Crippen molar-refractivity contribution in [3.63, 3.8) is 0 Å². The van der Waals surface area contributed by atoms with E-state index in [1.54, 1.807) is 0 Å². The molecule has 0 radical (unpaired) electrons. The van der Waals surface area contributed by atoms with Crippen LogP contribution in [0.4, 0.5) is 17.3 Å². The van der Waals surface area contributed by atoms with Crippen LogP contribution in [0.5, 0.6) is 0 Å². The first-order valence-corrected chi connectivity index (χ1v) is 7.21. The van der Waals surface area contributed by atoms with Gasteiger partial charge in [0.2, 0.25) is 0 Å². The van der Waals surface area contributed by atoms with E-state index in [9.17, 15) is 10.1 Å². The highest BCUT2D eigenvalue weighted by Gasteiger charge is 2.18. The van der Waals surface area contributed by atoms with Gasteiger partial charge in [-0.1, -0.05) is 6.92 Å².